The van der Waals surface area contributed by atoms with Gasteiger partial charge in [-0.15, -0.1) is 0 Å². The number of benzene rings is 1. The first-order valence-electron chi connectivity index (χ1n) is 7.55. The van der Waals surface area contributed by atoms with E-state index in [1.165, 1.54) is 49.0 Å². The van der Waals surface area contributed by atoms with Crippen LogP contribution in [0.3, 0.4) is 0 Å². The molecule has 1 aromatic carbocycles. The first kappa shape index (κ1) is 12.8. The zero-order valence-electron chi connectivity index (χ0n) is 11.9. The van der Waals surface area contributed by atoms with Crippen molar-refractivity contribution in [3.63, 3.8) is 0 Å². The summed E-state index contributed by atoms with van der Waals surface area (Å²) in [7, 11) is 2.16. The monoisotopic (exact) mass is 260 g/mol. The van der Waals surface area contributed by atoms with Gasteiger partial charge in [0.15, 0.2) is 0 Å². The molecule has 0 aliphatic carbocycles. The quantitative estimate of drug-likeness (QED) is 0.775. The van der Waals surface area contributed by atoms with Crippen LogP contribution in [0, 0.1) is 0 Å². The third-order valence-corrected chi connectivity index (χ3v) is 4.25. The zero-order valence-corrected chi connectivity index (χ0v) is 11.9. The van der Waals surface area contributed by atoms with E-state index in [-0.39, 0.29) is 0 Å². The number of hydrogen-bond donors (Lipinski definition) is 1. The largest absolute Gasteiger partial charge is 0.490 e. The summed E-state index contributed by atoms with van der Waals surface area (Å²) < 4.78 is 5.83. The summed E-state index contributed by atoms with van der Waals surface area (Å²) in [6, 6.07) is 4.65. The summed E-state index contributed by atoms with van der Waals surface area (Å²) in [5.41, 5.74) is 4.27. The van der Waals surface area contributed by atoms with Gasteiger partial charge in [0.2, 0.25) is 0 Å². The van der Waals surface area contributed by atoms with E-state index in [2.05, 4.69) is 29.4 Å². The molecule has 0 fully saturated rings. The van der Waals surface area contributed by atoms with Crippen molar-refractivity contribution >= 4 is 5.69 Å². The summed E-state index contributed by atoms with van der Waals surface area (Å²) in [5, 5.41) is 3.54. The van der Waals surface area contributed by atoms with Crippen LogP contribution < -0.4 is 15.0 Å². The van der Waals surface area contributed by atoms with E-state index in [1.807, 2.05) is 0 Å². The molecule has 0 bridgehead atoms. The lowest BCUT2D eigenvalue weighted by Gasteiger charge is -2.29. The van der Waals surface area contributed by atoms with Gasteiger partial charge in [-0.05, 0) is 62.0 Å². The minimum absolute atomic E-state index is 0.809. The van der Waals surface area contributed by atoms with Crippen LogP contribution in [-0.2, 0) is 12.8 Å². The molecule has 0 saturated carbocycles. The highest BCUT2D eigenvalue weighted by Gasteiger charge is 2.18. The van der Waals surface area contributed by atoms with E-state index in [4.69, 9.17) is 4.74 Å². The Morgan fingerprint density at radius 2 is 1.95 bits per heavy atom. The Labute approximate surface area is 115 Å². The minimum atomic E-state index is 0.809. The maximum Gasteiger partial charge on any atom is 0.142 e. The third kappa shape index (κ3) is 2.86. The van der Waals surface area contributed by atoms with Crippen LogP contribution in [-0.4, -0.2) is 33.3 Å². The Morgan fingerprint density at radius 1 is 1.05 bits per heavy atom. The summed E-state index contributed by atoms with van der Waals surface area (Å²) in [6.07, 6.45) is 6.26. The van der Waals surface area contributed by atoms with Crippen molar-refractivity contribution in [3.8, 4) is 5.75 Å². The molecule has 2 aliphatic rings. The molecule has 2 aliphatic heterocycles. The highest BCUT2D eigenvalue weighted by atomic mass is 16.5. The van der Waals surface area contributed by atoms with Crippen molar-refractivity contribution in [2.75, 3.05) is 38.2 Å². The number of fused-ring (bicyclic) bond motifs is 2. The van der Waals surface area contributed by atoms with Crippen LogP contribution in [0.1, 0.15) is 30.4 Å². The normalized spacial score (nSPS) is 20.2. The molecule has 0 unspecified atom stereocenters. The van der Waals surface area contributed by atoms with E-state index >= 15 is 0 Å². The molecule has 104 valence electrons. The Morgan fingerprint density at radius 3 is 2.89 bits per heavy atom. The van der Waals surface area contributed by atoms with Gasteiger partial charge in [0, 0.05) is 7.05 Å². The van der Waals surface area contributed by atoms with Gasteiger partial charge in [-0.3, -0.25) is 0 Å². The van der Waals surface area contributed by atoms with Gasteiger partial charge in [-0.25, -0.2) is 0 Å². The minimum Gasteiger partial charge on any atom is -0.490 e. The van der Waals surface area contributed by atoms with E-state index < -0.39 is 0 Å². The number of likely N-dealkylation sites (N-methyl/N-ethyl adjacent to an activating group) is 1. The fraction of sp³-hybridized carbons (Fsp3) is 0.625. The molecule has 0 saturated heterocycles. The van der Waals surface area contributed by atoms with Gasteiger partial charge in [0.25, 0.3) is 0 Å². The molecule has 0 radical (unpaired) electrons. The maximum absolute atomic E-state index is 5.83. The average molecular weight is 260 g/mol. The molecule has 2 heterocycles. The SMILES string of the molecule is CN1CCOc2cc3c(cc21)CCNCCCCC3. The first-order valence-corrected chi connectivity index (χ1v) is 7.55. The molecule has 0 spiro atoms. The number of rotatable bonds is 0. The lowest BCUT2D eigenvalue weighted by Crippen LogP contribution is -2.29. The third-order valence-electron chi connectivity index (χ3n) is 4.25. The van der Waals surface area contributed by atoms with Crippen molar-refractivity contribution in [2.24, 2.45) is 0 Å². The Kier molecular flexibility index (Phi) is 3.92. The van der Waals surface area contributed by atoms with Gasteiger partial charge < -0.3 is 15.0 Å². The van der Waals surface area contributed by atoms with Crippen molar-refractivity contribution in [2.45, 2.75) is 32.1 Å². The van der Waals surface area contributed by atoms with E-state index in [9.17, 15) is 0 Å². The fourth-order valence-electron chi connectivity index (χ4n) is 3.04. The van der Waals surface area contributed by atoms with E-state index in [1.54, 1.807) is 0 Å². The average Bonchev–Trinajstić information content (AvgIpc) is 2.43. The standard InChI is InChI=1S/C16H24N2O/c1-18-9-10-19-16-12-13-5-3-2-4-7-17-8-6-14(13)11-15(16)18/h11-12,17H,2-10H2,1H3. The summed E-state index contributed by atoms with van der Waals surface area (Å²) in [5.74, 6) is 1.08. The fourth-order valence-corrected chi connectivity index (χ4v) is 3.04. The lowest BCUT2D eigenvalue weighted by molar-refractivity contribution is 0.311. The second-order valence-electron chi connectivity index (χ2n) is 5.67. The van der Waals surface area contributed by atoms with Crippen molar-refractivity contribution in [1.29, 1.82) is 0 Å². The topological polar surface area (TPSA) is 24.5 Å². The highest BCUT2D eigenvalue weighted by Crippen LogP contribution is 2.34. The van der Waals surface area contributed by atoms with Crippen LogP contribution >= 0.6 is 0 Å². The Balaban J connectivity index is 1.91. The summed E-state index contributed by atoms with van der Waals surface area (Å²) in [6.45, 7) is 4.06. The van der Waals surface area contributed by atoms with Crippen LogP contribution in [0.25, 0.3) is 0 Å². The van der Waals surface area contributed by atoms with Crippen molar-refractivity contribution in [1.82, 2.24) is 5.32 Å². The molecule has 0 aromatic heterocycles. The number of aryl methyl sites for hydroxylation is 1. The number of nitrogens with zero attached hydrogens (tertiary/aromatic N) is 1. The van der Waals surface area contributed by atoms with E-state index in [0.717, 1.165) is 31.9 Å². The van der Waals surface area contributed by atoms with Crippen molar-refractivity contribution < 1.29 is 4.74 Å². The number of ether oxygens (including phenoxy) is 1. The van der Waals surface area contributed by atoms with Gasteiger partial charge in [0.05, 0.1) is 12.2 Å². The molecular formula is C16H24N2O. The first-order chi connectivity index (χ1) is 9.34. The molecule has 19 heavy (non-hydrogen) atoms. The van der Waals surface area contributed by atoms with Crippen LogP contribution in [0.5, 0.6) is 5.75 Å². The number of anilines is 1. The van der Waals surface area contributed by atoms with Gasteiger partial charge in [-0.1, -0.05) is 6.42 Å². The smallest absolute Gasteiger partial charge is 0.142 e. The van der Waals surface area contributed by atoms with Crippen LogP contribution in [0.2, 0.25) is 0 Å². The van der Waals surface area contributed by atoms with Gasteiger partial charge in [-0.2, -0.15) is 0 Å². The Hall–Kier alpha value is -1.22. The Bertz CT molecular complexity index is 445. The van der Waals surface area contributed by atoms with Gasteiger partial charge in [0.1, 0.15) is 12.4 Å². The second kappa shape index (κ2) is 5.83. The molecule has 1 aromatic rings. The number of hydrogen-bond acceptors (Lipinski definition) is 3. The summed E-state index contributed by atoms with van der Waals surface area (Å²) in [4.78, 5) is 2.31. The molecule has 0 atom stereocenters. The van der Waals surface area contributed by atoms with Crippen molar-refractivity contribution in [3.05, 3.63) is 23.3 Å². The molecule has 0 amide bonds. The summed E-state index contributed by atoms with van der Waals surface area (Å²) >= 11 is 0. The molecule has 3 heteroatoms. The number of nitrogens with one attached hydrogen (secondary N) is 1. The molecule has 3 rings (SSSR count). The van der Waals surface area contributed by atoms with Crippen LogP contribution in [0.4, 0.5) is 5.69 Å². The lowest BCUT2D eigenvalue weighted by atomic mass is 9.96. The van der Waals surface area contributed by atoms with Gasteiger partial charge >= 0.3 is 0 Å². The zero-order chi connectivity index (χ0) is 13.1. The van der Waals surface area contributed by atoms with E-state index in [0.29, 0.717) is 0 Å². The second-order valence-corrected chi connectivity index (χ2v) is 5.67. The molecule has 3 nitrogen and oxygen atoms in total. The predicted octanol–water partition coefficient (Wildman–Crippen LogP) is 2.37. The van der Waals surface area contributed by atoms with Crippen LogP contribution in [0.15, 0.2) is 12.1 Å². The highest BCUT2D eigenvalue weighted by molar-refractivity contribution is 5.63. The molecular weight excluding hydrogens is 236 g/mol. The predicted molar refractivity (Wildman–Crippen MR) is 79.3 cm³/mol. The molecule has 1 N–H and O–H groups in total. The maximum atomic E-state index is 5.83.